The zero-order chi connectivity index (χ0) is 12.8. The SMILES string of the molecule is COC(=O)CCc1csc(NCCCC2CC2)n1. The van der Waals surface area contributed by atoms with E-state index in [0.717, 1.165) is 23.3 Å². The molecule has 1 N–H and O–H groups in total. The Balaban J connectivity index is 1.63. The molecule has 1 heterocycles. The van der Waals surface area contributed by atoms with Gasteiger partial charge in [-0.3, -0.25) is 4.79 Å². The topological polar surface area (TPSA) is 51.2 Å². The van der Waals surface area contributed by atoms with Gasteiger partial charge in [0.05, 0.1) is 19.2 Å². The van der Waals surface area contributed by atoms with Crippen LogP contribution in [-0.2, 0) is 16.0 Å². The molecule has 2 rings (SSSR count). The number of anilines is 1. The van der Waals surface area contributed by atoms with Crippen molar-refractivity contribution in [3.8, 4) is 0 Å². The van der Waals surface area contributed by atoms with Crippen molar-refractivity contribution in [2.24, 2.45) is 5.92 Å². The van der Waals surface area contributed by atoms with Crippen LogP contribution in [-0.4, -0.2) is 24.6 Å². The lowest BCUT2D eigenvalue weighted by molar-refractivity contribution is -0.140. The van der Waals surface area contributed by atoms with Crippen LogP contribution in [0.3, 0.4) is 0 Å². The number of rotatable bonds is 8. The first kappa shape index (κ1) is 13.3. The van der Waals surface area contributed by atoms with Crippen molar-refractivity contribution in [1.29, 1.82) is 0 Å². The number of nitrogens with zero attached hydrogens (tertiary/aromatic N) is 1. The van der Waals surface area contributed by atoms with Gasteiger partial charge < -0.3 is 10.1 Å². The summed E-state index contributed by atoms with van der Waals surface area (Å²) >= 11 is 1.61. The molecule has 0 radical (unpaired) electrons. The van der Waals surface area contributed by atoms with Crippen molar-refractivity contribution in [3.05, 3.63) is 11.1 Å². The molecule has 1 aliphatic rings. The Hall–Kier alpha value is -1.10. The van der Waals surface area contributed by atoms with E-state index < -0.39 is 0 Å². The van der Waals surface area contributed by atoms with E-state index in [-0.39, 0.29) is 5.97 Å². The number of aromatic nitrogens is 1. The fourth-order valence-electron chi connectivity index (χ4n) is 1.83. The molecule has 1 aromatic rings. The maximum Gasteiger partial charge on any atom is 0.305 e. The average molecular weight is 268 g/mol. The van der Waals surface area contributed by atoms with E-state index in [2.05, 4.69) is 15.0 Å². The highest BCUT2D eigenvalue weighted by Crippen LogP contribution is 2.33. The van der Waals surface area contributed by atoms with Gasteiger partial charge in [-0.2, -0.15) is 0 Å². The van der Waals surface area contributed by atoms with Gasteiger partial charge in [0.2, 0.25) is 0 Å². The number of thiazole rings is 1. The first-order chi connectivity index (χ1) is 8.78. The average Bonchev–Trinajstić information content (AvgIpc) is 3.10. The van der Waals surface area contributed by atoms with Gasteiger partial charge in [-0.25, -0.2) is 4.98 Å². The van der Waals surface area contributed by atoms with Crippen molar-refractivity contribution in [1.82, 2.24) is 4.98 Å². The van der Waals surface area contributed by atoms with Crippen LogP contribution in [0.25, 0.3) is 0 Å². The lowest BCUT2D eigenvalue weighted by Gasteiger charge is -2.01. The maximum absolute atomic E-state index is 11.0. The number of methoxy groups -OCH3 is 1. The van der Waals surface area contributed by atoms with Gasteiger partial charge in [-0.05, 0) is 18.8 Å². The fraction of sp³-hybridized carbons (Fsp3) is 0.692. The molecule has 0 spiro atoms. The standard InChI is InChI=1S/C13H20N2O2S/c1-17-12(16)7-6-11-9-18-13(15-11)14-8-2-3-10-4-5-10/h9-10H,2-8H2,1H3,(H,14,15). The van der Waals surface area contributed by atoms with Gasteiger partial charge in [0.1, 0.15) is 0 Å². The van der Waals surface area contributed by atoms with Crippen molar-refractivity contribution < 1.29 is 9.53 Å². The second-order valence-electron chi connectivity index (χ2n) is 4.73. The molecule has 1 saturated carbocycles. The van der Waals surface area contributed by atoms with E-state index in [0.29, 0.717) is 12.8 Å². The van der Waals surface area contributed by atoms with E-state index >= 15 is 0 Å². The fourth-order valence-corrected chi connectivity index (χ4v) is 2.60. The van der Waals surface area contributed by atoms with Gasteiger partial charge in [0, 0.05) is 18.3 Å². The predicted octanol–water partition coefficient (Wildman–Crippen LogP) is 2.85. The molecule has 4 nitrogen and oxygen atoms in total. The molecule has 1 fully saturated rings. The number of nitrogens with one attached hydrogen (secondary N) is 1. The third kappa shape index (κ3) is 4.64. The summed E-state index contributed by atoms with van der Waals surface area (Å²) in [6, 6.07) is 0. The van der Waals surface area contributed by atoms with Crippen molar-refractivity contribution in [2.75, 3.05) is 19.0 Å². The van der Waals surface area contributed by atoms with E-state index in [1.165, 1.54) is 32.8 Å². The normalized spacial score (nSPS) is 14.5. The van der Waals surface area contributed by atoms with E-state index in [1.807, 2.05) is 5.38 Å². The second-order valence-corrected chi connectivity index (χ2v) is 5.59. The van der Waals surface area contributed by atoms with Gasteiger partial charge >= 0.3 is 5.97 Å². The number of hydrogen-bond donors (Lipinski definition) is 1. The minimum Gasteiger partial charge on any atom is -0.469 e. The van der Waals surface area contributed by atoms with Crippen LogP contribution < -0.4 is 5.32 Å². The first-order valence-corrected chi connectivity index (χ1v) is 7.41. The molecule has 5 heteroatoms. The minimum atomic E-state index is -0.179. The molecular formula is C13H20N2O2S. The van der Waals surface area contributed by atoms with E-state index in [4.69, 9.17) is 0 Å². The third-order valence-corrected chi connectivity index (χ3v) is 3.98. The monoisotopic (exact) mass is 268 g/mol. The summed E-state index contributed by atoms with van der Waals surface area (Å²) in [7, 11) is 1.41. The Morgan fingerprint density at radius 1 is 1.61 bits per heavy atom. The number of aryl methyl sites for hydroxylation is 1. The zero-order valence-corrected chi connectivity index (χ0v) is 11.6. The molecule has 0 atom stereocenters. The van der Waals surface area contributed by atoms with Crippen LogP contribution in [0.2, 0.25) is 0 Å². The predicted molar refractivity (Wildman–Crippen MR) is 72.9 cm³/mol. The summed E-state index contributed by atoms with van der Waals surface area (Å²) in [5.74, 6) is 0.820. The molecule has 1 aliphatic carbocycles. The van der Waals surface area contributed by atoms with Gasteiger partial charge in [-0.1, -0.05) is 12.8 Å². The molecule has 0 amide bonds. The number of carbonyl (C=O) groups is 1. The molecule has 0 unspecified atom stereocenters. The highest BCUT2D eigenvalue weighted by molar-refractivity contribution is 7.13. The molecule has 0 aromatic carbocycles. The van der Waals surface area contributed by atoms with Crippen LogP contribution in [0.15, 0.2) is 5.38 Å². The summed E-state index contributed by atoms with van der Waals surface area (Å²) in [5.41, 5.74) is 0.968. The van der Waals surface area contributed by atoms with Gasteiger partial charge in [0.15, 0.2) is 5.13 Å². The molecule has 0 aliphatic heterocycles. The van der Waals surface area contributed by atoms with Gasteiger partial charge in [-0.15, -0.1) is 11.3 Å². The van der Waals surface area contributed by atoms with Crippen LogP contribution in [0.4, 0.5) is 5.13 Å². The Morgan fingerprint density at radius 2 is 2.44 bits per heavy atom. The van der Waals surface area contributed by atoms with Crippen molar-refractivity contribution in [2.45, 2.75) is 38.5 Å². The molecule has 18 heavy (non-hydrogen) atoms. The van der Waals surface area contributed by atoms with Crippen LogP contribution in [0.1, 0.15) is 37.8 Å². The summed E-state index contributed by atoms with van der Waals surface area (Å²) < 4.78 is 4.61. The summed E-state index contributed by atoms with van der Waals surface area (Å²) in [6.45, 7) is 1.00. The molecular weight excluding hydrogens is 248 g/mol. The third-order valence-electron chi connectivity index (χ3n) is 3.13. The summed E-state index contributed by atoms with van der Waals surface area (Å²) in [5, 5.41) is 6.31. The molecule has 0 saturated heterocycles. The van der Waals surface area contributed by atoms with Gasteiger partial charge in [0.25, 0.3) is 0 Å². The number of hydrogen-bond acceptors (Lipinski definition) is 5. The quantitative estimate of drug-likeness (QED) is 0.582. The highest BCUT2D eigenvalue weighted by atomic mass is 32.1. The lowest BCUT2D eigenvalue weighted by Crippen LogP contribution is -2.03. The lowest BCUT2D eigenvalue weighted by atomic mass is 10.2. The second kappa shape index (κ2) is 6.73. The van der Waals surface area contributed by atoms with Crippen LogP contribution in [0, 0.1) is 5.92 Å². The van der Waals surface area contributed by atoms with E-state index in [9.17, 15) is 4.79 Å². The summed E-state index contributed by atoms with van der Waals surface area (Å²) in [4.78, 5) is 15.5. The number of carbonyl (C=O) groups excluding carboxylic acids is 1. The van der Waals surface area contributed by atoms with E-state index in [1.54, 1.807) is 11.3 Å². The van der Waals surface area contributed by atoms with Crippen molar-refractivity contribution >= 4 is 22.4 Å². The maximum atomic E-state index is 11.0. The molecule has 1 aromatic heterocycles. The Kier molecular flexibility index (Phi) is 4.99. The van der Waals surface area contributed by atoms with Crippen LogP contribution >= 0.6 is 11.3 Å². The minimum absolute atomic E-state index is 0.179. The largest absolute Gasteiger partial charge is 0.469 e. The zero-order valence-electron chi connectivity index (χ0n) is 10.8. The Bertz CT molecular complexity index is 388. The smallest absolute Gasteiger partial charge is 0.305 e. The summed E-state index contributed by atoms with van der Waals surface area (Å²) in [6.07, 6.45) is 6.48. The highest BCUT2D eigenvalue weighted by Gasteiger charge is 2.19. The first-order valence-electron chi connectivity index (χ1n) is 6.53. The van der Waals surface area contributed by atoms with Crippen LogP contribution in [0.5, 0.6) is 0 Å². The molecule has 0 bridgehead atoms. The number of esters is 1. The van der Waals surface area contributed by atoms with Crippen molar-refractivity contribution in [3.63, 3.8) is 0 Å². The number of ether oxygens (including phenoxy) is 1. The Labute approximate surface area is 112 Å². The molecule has 100 valence electrons. The Morgan fingerprint density at radius 3 is 3.17 bits per heavy atom.